The van der Waals surface area contributed by atoms with Gasteiger partial charge in [-0.25, -0.2) is 0 Å². The number of nitrogens with zero attached hydrogens (tertiary/aromatic N) is 2. The van der Waals surface area contributed by atoms with Crippen LogP contribution in [0.2, 0.25) is 0 Å². The highest BCUT2D eigenvalue weighted by atomic mass is 19.4. The fourth-order valence-electron chi connectivity index (χ4n) is 1.45. The van der Waals surface area contributed by atoms with Crippen molar-refractivity contribution in [2.24, 2.45) is 0 Å². The first-order chi connectivity index (χ1) is 10.6. The highest BCUT2D eigenvalue weighted by Gasteiger charge is 2.35. The summed E-state index contributed by atoms with van der Waals surface area (Å²) in [5.74, 6) is 0. The van der Waals surface area contributed by atoms with Gasteiger partial charge >= 0.3 is 12.4 Å². The Balaban J connectivity index is 0.000000231. The Morgan fingerprint density at radius 2 is 1.65 bits per heavy atom. The summed E-state index contributed by atoms with van der Waals surface area (Å²) in [5, 5.41) is 26.9. The number of hydrogen-bond donors (Lipinski definition) is 4. The number of aromatic amines is 2. The summed E-state index contributed by atoms with van der Waals surface area (Å²) >= 11 is 0. The van der Waals surface area contributed by atoms with Gasteiger partial charge in [-0.05, 0) is 12.5 Å². The van der Waals surface area contributed by atoms with Crippen molar-refractivity contribution in [1.29, 1.82) is 0 Å². The van der Waals surface area contributed by atoms with Gasteiger partial charge in [-0.15, -0.1) is 0 Å². The normalized spacial score (nSPS) is 12.0. The molecule has 0 saturated carbocycles. The molecule has 0 radical (unpaired) electrons. The molecular formula is C11H12F6N4O2. The Kier molecular flexibility index (Phi) is 6.15. The molecule has 130 valence electrons. The molecule has 2 heterocycles. The summed E-state index contributed by atoms with van der Waals surface area (Å²) in [5.41, 5.74) is -1.85. The van der Waals surface area contributed by atoms with Crippen LogP contribution in [-0.2, 0) is 25.4 Å². The van der Waals surface area contributed by atoms with Gasteiger partial charge < -0.3 is 10.2 Å². The summed E-state index contributed by atoms with van der Waals surface area (Å²) in [6.07, 6.45) is -7.82. The molecule has 0 unspecified atom stereocenters. The maximum atomic E-state index is 12.1. The number of nitrogens with one attached hydrogen (secondary N) is 2. The molecule has 0 aliphatic carbocycles. The van der Waals surface area contributed by atoms with Crippen LogP contribution < -0.4 is 0 Å². The van der Waals surface area contributed by atoms with Gasteiger partial charge in [0, 0.05) is 12.2 Å². The molecule has 23 heavy (non-hydrogen) atoms. The van der Waals surface area contributed by atoms with Crippen molar-refractivity contribution in [1.82, 2.24) is 20.4 Å². The number of aliphatic hydroxyl groups excluding tert-OH is 2. The lowest BCUT2D eigenvalue weighted by molar-refractivity contribution is -0.142. The molecular weight excluding hydrogens is 334 g/mol. The molecule has 2 aromatic heterocycles. The van der Waals surface area contributed by atoms with Crippen molar-refractivity contribution in [2.75, 3.05) is 6.61 Å². The zero-order chi connectivity index (χ0) is 17.7. The van der Waals surface area contributed by atoms with Crippen molar-refractivity contribution in [3.63, 3.8) is 0 Å². The Morgan fingerprint density at radius 3 is 2.04 bits per heavy atom. The predicted molar refractivity (Wildman–Crippen MR) is 63.9 cm³/mol. The number of alkyl halides is 6. The molecule has 0 bridgehead atoms. The third kappa shape index (κ3) is 5.56. The molecule has 0 aliphatic heterocycles. The number of halogens is 6. The second-order valence-corrected chi connectivity index (χ2v) is 4.18. The average Bonchev–Trinajstić information content (AvgIpc) is 3.06. The second-order valence-electron chi connectivity index (χ2n) is 4.18. The van der Waals surface area contributed by atoms with E-state index >= 15 is 0 Å². The van der Waals surface area contributed by atoms with Gasteiger partial charge in [-0.2, -0.15) is 36.5 Å². The summed E-state index contributed by atoms with van der Waals surface area (Å²) in [6, 6.07) is 0.764. The first-order valence-electron chi connectivity index (χ1n) is 6.02. The highest BCUT2D eigenvalue weighted by Crippen LogP contribution is 2.30. The first-order valence-corrected chi connectivity index (χ1v) is 6.02. The van der Waals surface area contributed by atoms with Gasteiger partial charge in [-0.3, -0.25) is 10.2 Å². The number of aliphatic hydroxyl groups is 2. The topological polar surface area (TPSA) is 97.8 Å². The maximum absolute atomic E-state index is 12.1. The molecule has 0 atom stereocenters. The minimum Gasteiger partial charge on any atom is -0.396 e. The van der Waals surface area contributed by atoms with Crippen LogP contribution in [-0.4, -0.2) is 37.2 Å². The van der Waals surface area contributed by atoms with E-state index in [1.807, 2.05) is 10.2 Å². The predicted octanol–water partition coefficient (Wildman–Crippen LogP) is 1.88. The van der Waals surface area contributed by atoms with E-state index in [0.29, 0.717) is 0 Å². The molecule has 2 aromatic rings. The SMILES string of the molecule is OCCc1cn[nH]c1C(F)(F)F.OCc1cc(C(F)(F)F)n[nH]1. The molecule has 0 fully saturated rings. The van der Waals surface area contributed by atoms with E-state index in [4.69, 9.17) is 10.2 Å². The Hall–Kier alpha value is -2.08. The third-order valence-corrected chi connectivity index (χ3v) is 2.47. The monoisotopic (exact) mass is 346 g/mol. The van der Waals surface area contributed by atoms with Gasteiger partial charge in [0.25, 0.3) is 0 Å². The van der Waals surface area contributed by atoms with Gasteiger partial charge in [0.05, 0.1) is 18.5 Å². The number of H-pyrrole nitrogens is 2. The number of rotatable bonds is 3. The summed E-state index contributed by atoms with van der Waals surface area (Å²) in [6.45, 7) is -0.786. The van der Waals surface area contributed by atoms with E-state index in [0.717, 1.165) is 12.3 Å². The molecule has 0 amide bonds. The van der Waals surface area contributed by atoms with Crippen LogP contribution in [0, 0.1) is 0 Å². The quantitative estimate of drug-likeness (QED) is 0.638. The van der Waals surface area contributed by atoms with Gasteiger partial charge in [-0.1, -0.05) is 0 Å². The maximum Gasteiger partial charge on any atom is 0.435 e. The Bertz CT molecular complexity index is 604. The smallest absolute Gasteiger partial charge is 0.396 e. The van der Waals surface area contributed by atoms with Gasteiger partial charge in [0.1, 0.15) is 5.69 Å². The fraction of sp³-hybridized carbons (Fsp3) is 0.455. The summed E-state index contributed by atoms with van der Waals surface area (Å²) < 4.78 is 71.5. The molecule has 6 nitrogen and oxygen atoms in total. The standard InChI is InChI=1S/C6H7F3N2O.C5H5F3N2O/c7-6(8,9)5-4(1-2-12)3-10-11-5;6-5(7,8)4-1-3(2-11)9-10-4/h3,12H,1-2H2,(H,10,11);1,11H,2H2,(H,9,10). The van der Waals surface area contributed by atoms with Crippen molar-refractivity contribution < 1.29 is 36.6 Å². The van der Waals surface area contributed by atoms with E-state index in [1.165, 1.54) is 0 Å². The zero-order valence-corrected chi connectivity index (χ0v) is 11.3. The molecule has 4 N–H and O–H groups in total. The van der Waals surface area contributed by atoms with Crippen molar-refractivity contribution >= 4 is 0 Å². The highest BCUT2D eigenvalue weighted by molar-refractivity contribution is 5.19. The van der Waals surface area contributed by atoms with Gasteiger partial charge in [0.2, 0.25) is 0 Å². The van der Waals surface area contributed by atoms with E-state index < -0.39 is 30.3 Å². The number of aromatic nitrogens is 4. The van der Waals surface area contributed by atoms with Gasteiger partial charge in [0.15, 0.2) is 5.69 Å². The molecule has 0 aliphatic rings. The van der Waals surface area contributed by atoms with Crippen LogP contribution in [0.25, 0.3) is 0 Å². The average molecular weight is 346 g/mol. The molecule has 0 spiro atoms. The summed E-state index contributed by atoms with van der Waals surface area (Å²) in [4.78, 5) is 0. The van der Waals surface area contributed by atoms with Crippen LogP contribution >= 0.6 is 0 Å². The molecule has 12 heteroatoms. The van der Waals surface area contributed by atoms with E-state index in [9.17, 15) is 26.3 Å². The summed E-state index contributed by atoms with van der Waals surface area (Å²) in [7, 11) is 0. The van der Waals surface area contributed by atoms with Crippen LogP contribution in [0.4, 0.5) is 26.3 Å². The first kappa shape index (κ1) is 19.0. The van der Waals surface area contributed by atoms with Crippen molar-refractivity contribution in [3.05, 3.63) is 34.9 Å². The molecule has 0 saturated heterocycles. The minimum atomic E-state index is -4.44. The Labute approximate surface area is 125 Å². The lowest BCUT2D eigenvalue weighted by Crippen LogP contribution is -2.09. The fourth-order valence-corrected chi connectivity index (χ4v) is 1.45. The second kappa shape index (κ2) is 7.46. The lowest BCUT2D eigenvalue weighted by Gasteiger charge is -2.04. The van der Waals surface area contributed by atoms with Crippen molar-refractivity contribution in [3.8, 4) is 0 Å². The lowest BCUT2D eigenvalue weighted by atomic mass is 10.2. The largest absolute Gasteiger partial charge is 0.435 e. The molecule has 0 aromatic carbocycles. The zero-order valence-electron chi connectivity index (χ0n) is 11.3. The van der Waals surface area contributed by atoms with Crippen LogP contribution in [0.5, 0.6) is 0 Å². The van der Waals surface area contributed by atoms with E-state index in [-0.39, 0.29) is 24.3 Å². The van der Waals surface area contributed by atoms with Crippen molar-refractivity contribution in [2.45, 2.75) is 25.4 Å². The van der Waals surface area contributed by atoms with Crippen LogP contribution in [0.3, 0.4) is 0 Å². The third-order valence-electron chi connectivity index (χ3n) is 2.47. The number of hydrogen-bond acceptors (Lipinski definition) is 4. The molecule has 2 rings (SSSR count). The minimum absolute atomic E-state index is 0.00926. The van der Waals surface area contributed by atoms with E-state index in [2.05, 4.69) is 10.2 Å². The van der Waals surface area contributed by atoms with Crippen LogP contribution in [0.15, 0.2) is 12.3 Å². The van der Waals surface area contributed by atoms with E-state index in [1.54, 1.807) is 0 Å². The van der Waals surface area contributed by atoms with Crippen LogP contribution in [0.1, 0.15) is 22.6 Å². The Morgan fingerprint density at radius 1 is 1.00 bits per heavy atom.